The van der Waals surface area contributed by atoms with E-state index in [9.17, 15) is 14.7 Å². The van der Waals surface area contributed by atoms with Crippen molar-refractivity contribution in [3.8, 4) is 0 Å². The summed E-state index contributed by atoms with van der Waals surface area (Å²) in [5.74, 6) is 1.10. The van der Waals surface area contributed by atoms with E-state index in [2.05, 4.69) is 27.7 Å². The molecule has 5 nitrogen and oxygen atoms in total. The molecule has 1 N–H and O–H groups in total. The number of esters is 2. The van der Waals surface area contributed by atoms with Crippen molar-refractivity contribution >= 4 is 11.9 Å². The van der Waals surface area contributed by atoms with Crippen molar-refractivity contribution in [3.63, 3.8) is 0 Å². The maximum Gasteiger partial charge on any atom is 0.306 e. The van der Waals surface area contributed by atoms with Crippen LogP contribution in [0.25, 0.3) is 0 Å². The Morgan fingerprint density at radius 1 is 0.590 bits per heavy atom. The van der Waals surface area contributed by atoms with Crippen LogP contribution in [-0.4, -0.2) is 36.4 Å². The fraction of sp³-hybridized carbons (Fsp3) is 0.941. The van der Waals surface area contributed by atoms with Gasteiger partial charge in [-0.15, -0.1) is 0 Å². The van der Waals surface area contributed by atoms with Crippen molar-refractivity contribution in [1.82, 2.24) is 0 Å². The van der Waals surface area contributed by atoms with Crippen molar-refractivity contribution in [1.29, 1.82) is 0 Å². The quantitative estimate of drug-likeness (QED) is 0.0736. The van der Waals surface area contributed by atoms with Crippen LogP contribution in [0, 0.1) is 11.8 Å². The number of ether oxygens (including phenoxy) is 2. The molecule has 0 saturated heterocycles. The smallest absolute Gasteiger partial charge is 0.306 e. The van der Waals surface area contributed by atoms with Crippen LogP contribution < -0.4 is 0 Å². The normalized spacial score (nSPS) is 13.0. The Morgan fingerprint density at radius 2 is 1.00 bits per heavy atom. The fourth-order valence-corrected chi connectivity index (χ4v) is 4.89. The number of aliphatic hydroxyl groups is 1. The Hall–Kier alpha value is -1.10. The molecule has 0 aromatic carbocycles. The molecule has 0 aromatic heterocycles. The molecule has 2 atom stereocenters. The lowest BCUT2D eigenvalue weighted by atomic mass is 9.99. The lowest BCUT2D eigenvalue weighted by Gasteiger charge is -2.15. The van der Waals surface area contributed by atoms with Gasteiger partial charge in [0.25, 0.3) is 0 Å². The third-order valence-electron chi connectivity index (χ3n) is 7.87. The maximum atomic E-state index is 12.1. The molecule has 0 saturated carbocycles. The molecule has 232 valence electrons. The van der Waals surface area contributed by atoms with Crippen LogP contribution in [0.15, 0.2) is 0 Å². The summed E-state index contributed by atoms with van der Waals surface area (Å²) in [5.41, 5.74) is 0. The number of carbonyl (C=O) groups is 2. The molecule has 0 aromatic rings. The van der Waals surface area contributed by atoms with E-state index in [0.29, 0.717) is 12.8 Å². The van der Waals surface area contributed by atoms with Crippen LogP contribution >= 0.6 is 0 Å². The zero-order valence-corrected chi connectivity index (χ0v) is 26.5. The summed E-state index contributed by atoms with van der Waals surface area (Å²) >= 11 is 0. The standard InChI is InChI=1S/C34H66O5/c1-5-31(4)25-21-17-13-10-11-15-19-23-27-34(37)39-32(28-35)29-38-33(36)26-22-18-14-9-7-6-8-12-16-20-24-30(2)3/h30-32,35H,5-29H2,1-4H3/t31?,32-/m0/s1. The highest BCUT2D eigenvalue weighted by Gasteiger charge is 2.16. The van der Waals surface area contributed by atoms with E-state index >= 15 is 0 Å². The van der Waals surface area contributed by atoms with E-state index in [-0.39, 0.29) is 25.2 Å². The van der Waals surface area contributed by atoms with Gasteiger partial charge in [0, 0.05) is 12.8 Å². The molecule has 0 aliphatic rings. The van der Waals surface area contributed by atoms with Gasteiger partial charge in [-0.2, -0.15) is 0 Å². The molecule has 0 heterocycles. The summed E-state index contributed by atoms with van der Waals surface area (Å²) in [5, 5.41) is 9.49. The van der Waals surface area contributed by atoms with Crippen LogP contribution in [0.5, 0.6) is 0 Å². The van der Waals surface area contributed by atoms with Crippen LogP contribution in [0.1, 0.15) is 175 Å². The van der Waals surface area contributed by atoms with Gasteiger partial charge in [0.15, 0.2) is 6.10 Å². The van der Waals surface area contributed by atoms with E-state index in [0.717, 1.165) is 50.4 Å². The monoisotopic (exact) mass is 554 g/mol. The predicted molar refractivity (Wildman–Crippen MR) is 164 cm³/mol. The Morgan fingerprint density at radius 3 is 1.44 bits per heavy atom. The summed E-state index contributed by atoms with van der Waals surface area (Å²) in [4.78, 5) is 24.1. The zero-order chi connectivity index (χ0) is 29.0. The van der Waals surface area contributed by atoms with Crippen LogP contribution in [0.3, 0.4) is 0 Å². The van der Waals surface area contributed by atoms with Crippen molar-refractivity contribution in [2.75, 3.05) is 13.2 Å². The van der Waals surface area contributed by atoms with Gasteiger partial charge in [0.05, 0.1) is 6.61 Å². The van der Waals surface area contributed by atoms with Gasteiger partial charge < -0.3 is 14.6 Å². The van der Waals surface area contributed by atoms with E-state index in [4.69, 9.17) is 9.47 Å². The van der Waals surface area contributed by atoms with Gasteiger partial charge in [0.1, 0.15) is 6.61 Å². The highest BCUT2D eigenvalue weighted by Crippen LogP contribution is 2.16. The van der Waals surface area contributed by atoms with Gasteiger partial charge in [-0.05, 0) is 24.7 Å². The van der Waals surface area contributed by atoms with E-state index in [1.807, 2.05) is 0 Å². The number of hydrogen-bond acceptors (Lipinski definition) is 5. The van der Waals surface area contributed by atoms with Gasteiger partial charge in [0.2, 0.25) is 0 Å². The first-order valence-corrected chi connectivity index (χ1v) is 16.8. The molecule has 0 amide bonds. The van der Waals surface area contributed by atoms with Crippen molar-refractivity contribution in [2.24, 2.45) is 11.8 Å². The van der Waals surface area contributed by atoms with Crippen LogP contribution in [0.2, 0.25) is 0 Å². The minimum Gasteiger partial charge on any atom is -0.462 e. The molecule has 0 radical (unpaired) electrons. The second-order valence-corrected chi connectivity index (χ2v) is 12.3. The number of unbranched alkanes of at least 4 members (excludes halogenated alkanes) is 16. The zero-order valence-electron chi connectivity index (χ0n) is 26.5. The minimum absolute atomic E-state index is 0.0602. The van der Waals surface area contributed by atoms with Gasteiger partial charge in [-0.25, -0.2) is 0 Å². The molecule has 5 heteroatoms. The highest BCUT2D eigenvalue weighted by atomic mass is 16.6. The third-order valence-corrected chi connectivity index (χ3v) is 7.87. The molecule has 1 unspecified atom stereocenters. The third kappa shape index (κ3) is 28.2. The predicted octanol–water partition coefficient (Wildman–Crippen LogP) is 9.72. The van der Waals surface area contributed by atoms with Crippen molar-refractivity contribution in [2.45, 2.75) is 181 Å². The fourth-order valence-electron chi connectivity index (χ4n) is 4.89. The number of carbonyl (C=O) groups excluding carboxylic acids is 2. The first-order chi connectivity index (χ1) is 18.9. The Labute approximate surface area is 242 Å². The Balaban J connectivity index is 3.57. The molecule has 39 heavy (non-hydrogen) atoms. The average Bonchev–Trinajstić information content (AvgIpc) is 2.92. The Bertz CT molecular complexity index is 548. The maximum absolute atomic E-state index is 12.1. The van der Waals surface area contributed by atoms with Crippen molar-refractivity contribution < 1.29 is 24.2 Å². The molecule has 0 fully saturated rings. The van der Waals surface area contributed by atoms with Crippen LogP contribution in [0.4, 0.5) is 0 Å². The summed E-state index contributed by atoms with van der Waals surface area (Å²) in [6, 6.07) is 0. The van der Waals surface area contributed by atoms with E-state index in [1.165, 1.54) is 96.3 Å². The minimum atomic E-state index is -0.762. The average molecular weight is 555 g/mol. The molecule has 0 aliphatic carbocycles. The largest absolute Gasteiger partial charge is 0.462 e. The Kier molecular flexibility index (Phi) is 27.6. The SMILES string of the molecule is CCC(C)CCCCCCCCCCC(=O)O[C@@H](CO)COC(=O)CCCCCCCCCCCCC(C)C. The van der Waals surface area contributed by atoms with Crippen LogP contribution in [-0.2, 0) is 19.1 Å². The van der Waals surface area contributed by atoms with Gasteiger partial charge in [-0.3, -0.25) is 9.59 Å². The van der Waals surface area contributed by atoms with Gasteiger partial charge in [-0.1, -0.05) is 150 Å². The van der Waals surface area contributed by atoms with Gasteiger partial charge >= 0.3 is 11.9 Å². The number of rotatable bonds is 29. The molecule has 0 spiro atoms. The second kappa shape index (κ2) is 28.4. The molecular formula is C34H66O5. The molecule has 0 rings (SSSR count). The highest BCUT2D eigenvalue weighted by molar-refractivity contribution is 5.70. The molecule has 0 aliphatic heterocycles. The van der Waals surface area contributed by atoms with Crippen molar-refractivity contribution in [3.05, 3.63) is 0 Å². The summed E-state index contributed by atoms with van der Waals surface area (Å²) in [6.45, 7) is 8.80. The topological polar surface area (TPSA) is 72.8 Å². The number of aliphatic hydroxyl groups excluding tert-OH is 1. The lowest BCUT2D eigenvalue weighted by Crippen LogP contribution is -2.28. The molecular weight excluding hydrogens is 488 g/mol. The first-order valence-electron chi connectivity index (χ1n) is 16.8. The van der Waals surface area contributed by atoms with E-state index < -0.39 is 6.10 Å². The first kappa shape index (κ1) is 37.9. The summed E-state index contributed by atoms with van der Waals surface area (Å²) < 4.78 is 10.5. The summed E-state index contributed by atoms with van der Waals surface area (Å²) in [7, 11) is 0. The summed E-state index contributed by atoms with van der Waals surface area (Å²) in [6.07, 6.45) is 25.8. The lowest BCUT2D eigenvalue weighted by molar-refractivity contribution is -0.161. The second-order valence-electron chi connectivity index (χ2n) is 12.3. The van der Waals surface area contributed by atoms with E-state index in [1.54, 1.807) is 0 Å². The number of hydrogen-bond donors (Lipinski definition) is 1. The molecule has 0 bridgehead atoms.